The van der Waals surface area contributed by atoms with E-state index in [9.17, 15) is 8.78 Å². The van der Waals surface area contributed by atoms with Crippen LogP contribution in [0.2, 0.25) is 0 Å². The summed E-state index contributed by atoms with van der Waals surface area (Å²) in [5.41, 5.74) is 0. The lowest BCUT2D eigenvalue weighted by molar-refractivity contribution is 0.141. The molecule has 0 aliphatic heterocycles. The Kier molecular flexibility index (Phi) is 6.36. The Morgan fingerprint density at radius 3 is 2.55 bits per heavy atom. The smallest absolute Gasteiger partial charge is 0.250 e. The van der Waals surface area contributed by atoms with Crippen LogP contribution >= 0.6 is 0 Å². The third-order valence-corrected chi connectivity index (χ3v) is 1.42. The van der Waals surface area contributed by atoms with Gasteiger partial charge in [-0.1, -0.05) is 0 Å². The summed E-state index contributed by atoms with van der Waals surface area (Å²) in [5, 5.41) is 11.1. The van der Waals surface area contributed by atoms with Gasteiger partial charge in [-0.3, -0.25) is 0 Å². The first-order valence-corrected chi connectivity index (χ1v) is 3.79. The fraction of sp³-hybridized carbons (Fsp3) is 1.00. The first-order chi connectivity index (χ1) is 5.16. The third-order valence-electron chi connectivity index (χ3n) is 1.42. The summed E-state index contributed by atoms with van der Waals surface area (Å²) in [6, 6.07) is 0.0659. The lowest BCUT2D eigenvalue weighted by atomic mass is 10.2. The van der Waals surface area contributed by atoms with E-state index in [0.29, 0.717) is 6.42 Å². The van der Waals surface area contributed by atoms with Crippen LogP contribution in [0, 0.1) is 0 Å². The maximum absolute atomic E-state index is 11.6. The fourth-order valence-corrected chi connectivity index (χ4v) is 0.790. The Morgan fingerprint density at radius 1 is 1.45 bits per heavy atom. The molecule has 4 heteroatoms. The molecule has 0 amide bonds. The predicted molar refractivity (Wildman–Crippen MR) is 39.8 cm³/mol. The zero-order valence-corrected chi connectivity index (χ0v) is 6.69. The van der Waals surface area contributed by atoms with Crippen LogP contribution in [0.4, 0.5) is 8.78 Å². The highest BCUT2D eigenvalue weighted by molar-refractivity contribution is 4.60. The van der Waals surface area contributed by atoms with E-state index in [4.69, 9.17) is 5.11 Å². The summed E-state index contributed by atoms with van der Waals surface area (Å²) in [6.45, 7) is 1.70. The molecule has 1 unspecified atom stereocenters. The van der Waals surface area contributed by atoms with Crippen LogP contribution in [-0.2, 0) is 0 Å². The van der Waals surface area contributed by atoms with Crippen molar-refractivity contribution < 1.29 is 13.9 Å². The van der Waals surface area contributed by atoms with Crippen LogP contribution in [0.3, 0.4) is 0 Å². The predicted octanol–water partition coefficient (Wildman–Crippen LogP) is 1.00. The van der Waals surface area contributed by atoms with Crippen LogP contribution in [0.25, 0.3) is 0 Å². The van der Waals surface area contributed by atoms with E-state index < -0.39 is 6.43 Å². The summed E-state index contributed by atoms with van der Waals surface area (Å²) in [4.78, 5) is 0. The number of nitrogens with one attached hydrogen (secondary N) is 1. The molecule has 0 bridgehead atoms. The fourth-order valence-electron chi connectivity index (χ4n) is 0.790. The normalized spacial score (nSPS) is 13.9. The van der Waals surface area contributed by atoms with Crippen molar-refractivity contribution >= 4 is 0 Å². The molecular formula is C7H15F2NO. The summed E-state index contributed by atoms with van der Waals surface area (Å²) in [7, 11) is 0. The Hall–Kier alpha value is -0.220. The second-order valence-corrected chi connectivity index (χ2v) is 2.57. The van der Waals surface area contributed by atoms with Crippen molar-refractivity contribution in [2.75, 3.05) is 13.2 Å². The van der Waals surface area contributed by atoms with Gasteiger partial charge in [0.15, 0.2) is 0 Å². The van der Waals surface area contributed by atoms with Crippen molar-refractivity contribution in [3.8, 4) is 0 Å². The van der Waals surface area contributed by atoms with E-state index in [-0.39, 0.29) is 19.2 Å². The molecule has 0 radical (unpaired) electrons. The second-order valence-electron chi connectivity index (χ2n) is 2.57. The number of aliphatic hydroxyl groups is 1. The average molecular weight is 167 g/mol. The topological polar surface area (TPSA) is 32.3 Å². The standard InChI is InChI=1S/C7H15F2NO/c1-6(3-2-4-11)10-5-7(8)9/h6-7,10-11H,2-5H2,1H3. The highest BCUT2D eigenvalue weighted by Gasteiger charge is 2.05. The number of hydrogen-bond acceptors (Lipinski definition) is 2. The minimum atomic E-state index is -2.29. The molecule has 0 fully saturated rings. The van der Waals surface area contributed by atoms with Gasteiger partial charge in [0.2, 0.25) is 0 Å². The van der Waals surface area contributed by atoms with Gasteiger partial charge < -0.3 is 10.4 Å². The lowest BCUT2D eigenvalue weighted by Crippen LogP contribution is -2.30. The molecule has 68 valence electrons. The zero-order valence-electron chi connectivity index (χ0n) is 6.69. The van der Waals surface area contributed by atoms with Crippen molar-refractivity contribution in [2.45, 2.75) is 32.2 Å². The van der Waals surface area contributed by atoms with Gasteiger partial charge >= 0.3 is 0 Å². The van der Waals surface area contributed by atoms with Crippen LogP contribution in [0.15, 0.2) is 0 Å². The van der Waals surface area contributed by atoms with Crippen LogP contribution in [-0.4, -0.2) is 30.7 Å². The van der Waals surface area contributed by atoms with E-state index in [1.807, 2.05) is 6.92 Å². The Balaban J connectivity index is 3.15. The van der Waals surface area contributed by atoms with Crippen LogP contribution in [0.5, 0.6) is 0 Å². The Labute approximate surface area is 65.6 Å². The van der Waals surface area contributed by atoms with Gasteiger partial charge in [0.05, 0.1) is 6.54 Å². The van der Waals surface area contributed by atoms with Crippen molar-refractivity contribution in [3.05, 3.63) is 0 Å². The SMILES string of the molecule is CC(CCCO)NCC(F)F. The van der Waals surface area contributed by atoms with Gasteiger partial charge in [-0.15, -0.1) is 0 Å². The van der Waals surface area contributed by atoms with Crippen molar-refractivity contribution in [1.29, 1.82) is 0 Å². The third kappa shape index (κ3) is 7.68. The molecule has 2 N–H and O–H groups in total. The Bertz CT molecular complexity index is 90.5. The van der Waals surface area contributed by atoms with E-state index in [2.05, 4.69) is 5.32 Å². The number of aliphatic hydroxyl groups excluding tert-OH is 1. The highest BCUT2D eigenvalue weighted by atomic mass is 19.3. The number of hydrogen-bond donors (Lipinski definition) is 2. The van der Waals surface area contributed by atoms with E-state index >= 15 is 0 Å². The monoisotopic (exact) mass is 167 g/mol. The molecule has 2 nitrogen and oxygen atoms in total. The molecule has 0 spiro atoms. The maximum Gasteiger partial charge on any atom is 0.250 e. The largest absolute Gasteiger partial charge is 0.396 e. The maximum atomic E-state index is 11.6. The lowest BCUT2D eigenvalue weighted by Gasteiger charge is -2.11. The van der Waals surface area contributed by atoms with Crippen LogP contribution < -0.4 is 5.32 Å². The first-order valence-electron chi connectivity index (χ1n) is 3.79. The molecule has 0 saturated carbocycles. The highest BCUT2D eigenvalue weighted by Crippen LogP contribution is 1.96. The summed E-state index contributed by atoms with van der Waals surface area (Å²) >= 11 is 0. The van der Waals surface area contributed by atoms with Gasteiger partial charge in [-0.25, -0.2) is 8.78 Å². The summed E-state index contributed by atoms with van der Waals surface area (Å²) < 4.78 is 23.2. The number of rotatable bonds is 6. The minimum absolute atomic E-state index is 0.0659. The second kappa shape index (κ2) is 6.49. The number of halogens is 2. The van der Waals surface area contributed by atoms with Crippen molar-refractivity contribution in [2.24, 2.45) is 0 Å². The minimum Gasteiger partial charge on any atom is -0.396 e. The molecular weight excluding hydrogens is 152 g/mol. The molecule has 1 atom stereocenters. The molecule has 0 heterocycles. The van der Waals surface area contributed by atoms with Gasteiger partial charge in [0.25, 0.3) is 6.43 Å². The van der Waals surface area contributed by atoms with E-state index in [1.54, 1.807) is 0 Å². The first kappa shape index (κ1) is 10.8. The summed E-state index contributed by atoms with van der Waals surface area (Å²) in [5.74, 6) is 0. The van der Waals surface area contributed by atoms with Gasteiger partial charge in [-0.05, 0) is 19.8 Å². The zero-order chi connectivity index (χ0) is 8.69. The van der Waals surface area contributed by atoms with Crippen molar-refractivity contribution in [3.63, 3.8) is 0 Å². The number of alkyl halides is 2. The molecule has 0 aromatic rings. The van der Waals surface area contributed by atoms with Gasteiger partial charge in [-0.2, -0.15) is 0 Å². The molecule has 0 aliphatic carbocycles. The molecule has 0 aromatic heterocycles. The Morgan fingerprint density at radius 2 is 2.09 bits per heavy atom. The van der Waals surface area contributed by atoms with Gasteiger partial charge in [0, 0.05) is 12.6 Å². The molecule has 0 rings (SSSR count). The van der Waals surface area contributed by atoms with E-state index in [0.717, 1.165) is 6.42 Å². The molecule has 0 aromatic carbocycles. The molecule has 0 saturated heterocycles. The van der Waals surface area contributed by atoms with Crippen molar-refractivity contribution in [1.82, 2.24) is 5.32 Å². The van der Waals surface area contributed by atoms with Gasteiger partial charge in [0.1, 0.15) is 0 Å². The van der Waals surface area contributed by atoms with E-state index in [1.165, 1.54) is 0 Å². The quantitative estimate of drug-likeness (QED) is 0.618. The summed E-state index contributed by atoms with van der Waals surface area (Å²) in [6.07, 6.45) is -0.882. The molecule has 11 heavy (non-hydrogen) atoms. The molecule has 0 aliphatic rings. The van der Waals surface area contributed by atoms with Crippen LogP contribution in [0.1, 0.15) is 19.8 Å². The average Bonchev–Trinajstić information content (AvgIpc) is 1.97.